The van der Waals surface area contributed by atoms with Gasteiger partial charge in [0.25, 0.3) is 11.8 Å². The number of piperidine rings is 1. The van der Waals surface area contributed by atoms with Crippen LogP contribution in [0.1, 0.15) is 50.4 Å². The molecule has 2 saturated heterocycles. The minimum Gasteiger partial charge on any atom is -0.451 e. The van der Waals surface area contributed by atoms with Crippen LogP contribution in [-0.4, -0.2) is 70.8 Å². The number of furan rings is 1. The van der Waals surface area contributed by atoms with Crippen molar-refractivity contribution in [3.05, 3.63) is 88.1 Å². The molecule has 2 aliphatic heterocycles. The van der Waals surface area contributed by atoms with Gasteiger partial charge in [-0.15, -0.1) is 11.3 Å². The first kappa shape index (κ1) is 23.9. The molecule has 4 aromatic rings. The van der Waals surface area contributed by atoms with Gasteiger partial charge < -0.3 is 14.2 Å². The molecule has 2 aromatic carbocycles. The van der Waals surface area contributed by atoms with Gasteiger partial charge in [0.05, 0.1) is 5.01 Å². The molecule has 2 amide bonds. The van der Waals surface area contributed by atoms with E-state index in [1.165, 1.54) is 5.56 Å². The number of aromatic nitrogens is 1. The number of thiazole rings is 1. The van der Waals surface area contributed by atoms with Crippen molar-refractivity contribution < 1.29 is 14.0 Å². The molecule has 4 heterocycles. The molecule has 0 spiro atoms. The van der Waals surface area contributed by atoms with Gasteiger partial charge in [0.15, 0.2) is 5.76 Å². The number of piperazine rings is 1. The highest BCUT2D eigenvalue weighted by Gasteiger charge is 2.29. The zero-order valence-electron chi connectivity index (χ0n) is 20.7. The summed E-state index contributed by atoms with van der Waals surface area (Å²) in [6.07, 6.45) is 1.68. The molecule has 6 rings (SSSR count). The third-order valence-corrected chi connectivity index (χ3v) is 8.42. The second-order valence-corrected chi connectivity index (χ2v) is 10.7. The van der Waals surface area contributed by atoms with Crippen LogP contribution in [0.25, 0.3) is 11.0 Å². The van der Waals surface area contributed by atoms with Crippen molar-refractivity contribution in [2.75, 3.05) is 39.3 Å². The van der Waals surface area contributed by atoms with Gasteiger partial charge in [0.2, 0.25) is 0 Å². The SMILES string of the molecule is O=C(c1csc(C2CCN(C(=O)c3cc4ccccc4o3)CC2)n1)N1CCN(Cc2ccccc2)CC1. The molecule has 0 aliphatic carbocycles. The molecule has 7 nitrogen and oxygen atoms in total. The van der Waals surface area contributed by atoms with Crippen LogP contribution in [0.2, 0.25) is 0 Å². The van der Waals surface area contributed by atoms with Crippen LogP contribution in [0.5, 0.6) is 0 Å². The molecule has 2 aliphatic rings. The summed E-state index contributed by atoms with van der Waals surface area (Å²) in [5.41, 5.74) is 2.59. The molecule has 8 heteroatoms. The number of nitrogens with zero attached hydrogens (tertiary/aromatic N) is 4. The van der Waals surface area contributed by atoms with Gasteiger partial charge in [-0.3, -0.25) is 14.5 Å². The normalized spacial score (nSPS) is 17.4. The second-order valence-electron chi connectivity index (χ2n) is 9.84. The maximum Gasteiger partial charge on any atom is 0.289 e. The second kappa shape index (κ2) is 10.5. The lowest BCUT2D eigenvalue weighted by atomic mass is 9.97. The van der Waals surface area contributed by atoms with Gasteiger partial charge in [-0.2, -0.15) is 0 Å². The molecule has 2 fully saturated rings. The maximum absolute atomic E-state index is 13.1. The molecule has 0 radical (unpaired) electrons. The van der Waals surface area contributed by atoms with Gasteiger partial charge in [-0.25, -0.2) is 4.98 Å². The predicted octanol–water partition coefficient (Wildman–Crippen LogP) is 4.87. The summed E-state index contributed by atoms with van der Waals surface area (Å²) in [4.78, 5) is 37.0. The van der Waals surface area contributed by atoms with Crippen LogP contribution in [-0.2, 0) is 6.54 Å². The number of hydrogen-bond donors (Lipinski definition) is 0. The average Bonchev–Trinajstić information content (AvgIpc) is 3.61. The Kier molecular flexibility index (Phi) is 6.76. The fourth-order valence-electron chi connectivity index (χ4n) is 5.26. The van der Waals surface area contributed by atoms with Gasteiger partial charge in [0.1, 0.15) is 11.3 Å². The Bertz CT molecular complexity index is 1350. The third-order valence-electron chi connectivity index (χ3n) is 7.42. The van der Waals surface area contributed by atoms with Crippen LogP contribution >= 0.6 is 11.3 Å². The van der Waals surface area contributed by atoms with E-state index in [-0.39, 0.29) is 17.7 Å². The summed E-state index contributed by atoms with van der Waals surface area (Å²) in [6, 6.07) is 20.0. The number of para-hydroxylation sites is 1. The Morgan fingerprint density at radius 3 is 2.32 bits per heavy atom. The average molecular weight is 515 g/mol. The first-order chi connectivity index (χ1) is 18.1. The summed E-state index contributed by atoms with van der Waals surface area (Å²) in [6.45, 7) is 5.42. The summed E-state index contributed by atoms with van der Waals surface area (Å²) in [7, 11) is 0. The molecule has 0 unspecified atom stereocenters. The number of likely N-dealkylation sites (tertiary alicyclic amines) is 1. The largest absolute Gasteiger partial charge is 0.451 e. The van der Waals surface area contributed by atoms with E-state index < -0.39 is 0 Å². The monoisotopic (exact) mass is 514 g/mol. The minimum atomic E-state index is -0.0592. The zero-order chi connectivity index (χ0) is 25.2. The highest BCUT2D eigenvalue weighted by atomic mass is 32.1. The first-order valence-electron chi connectivity index (χ1n) is 12.9. The summed E-state index contributed by atoms with van der Waals surface area (Å²) >= 11 is 1.57. The van der Waals surface area contributed by atoms with Gasteiger partial charge in [-0.05, 0) is 30.5 Å². The quantitative estimate of drug-likeness (QED) is 0.380. The Morgan fingerprint density at radius 2 is 1.57 bits per heavy atom. The van der Waals surface area contributed by atoms with E-state index in [1.807, 2.05) is 51.6 Å². The van der Waals surface area contributed by atoms with Crippen molar-refractivity contribution in [2.45, 2.75) is 25.3 Å². The van der Waals surface area contributed by atoms with Crippen LogP contribution in [0.15, 0.2) is 70.5 Å². The number of rotatable bonds is 5. The maximum atomic E-state index is 13.1. The van der Waals surface area contributed by atoms with Crippen LogP contribution in [0.3, 0.4) is 0 Å². The number of carbonyl (C=O) groups excluding carboxylic acids is 2. The standard InChI is InChI=1S/C29H30N4O3S/c34-28(33-16-14-31(15-17-33)19-21-6-2-1-3-7-21)24-20-37-27(30-24)22-10-12-32(13-11-22)29(35)26-18-23-8-4-5-9-25(23)36-26/h1-9,18,20,22H,10-17,19H2. The fraction of sp³-hybridized carbons (Fsp3) is 0.345. The van der Waals surface area contributed by atoms with Gasteiger partial charge in [-0.1, -0.05) is 48.5 Å². The van der Waals surface area contributed by atoms with Crippen molar-refractivity contribution in [1.82, 2.24) is 19.7 Å². The van der Waals surface area contributed by atoms with Crippen molar-refractivity contribution in [3.8, 4) is 0 Å². The predicted molar refractivity (Wildman–Crippen MR) is 144 cm³/mol. The van der Waals surface area contributed by atoms with Crippen molar-refractivity contribution >= 4 is 34.1 Å². The first-order valence-corrected chi connectivity index (χ1v) is 13.8. The Balaban J connectivity index is 1.01. The summed E-state index contributed by atoms with van der Waals surface area (Å²) < 4.78 is 5.77. The summed E-state index contributed by atoms with van der Waals surface area (Å²) in [5, 5.41) is 3.85. The number of amides is 2. The molecule has 0 bridgehead atoms. The highest BCUT2D eigenvalue weighted by molar-refractivity contribution is 7.09. The van der Waals surface area contributed by atoms with Crippen molar-refractivity contribution in [2.24, 2.45) is 0 Å². The van der Waals surface area contributed by atoms with Gasteiger partial charge >= 0.3 is 0 Å². The van der Waals surface area contributed by atoms with E-state index in [4.69, 9.17) is 9.40 Å². The zero-order valence-corrected chi connectivity index (χ0v) is 21.5. The van der Waals surface area contributed by atoms with Crippen LogP contribution < -0.4 is 0 Å². The molecule has 37 heavy (non-hydrogen) atoms. The molecule has 0 N–H and O–H groups in total. The third kappa shape index (κ3) is 5.17. The molecular weight excluding hydrogens is 484 g/mol. The van der Waals surface area contributed by atoms with Crippen LogP contribution in [0.4, 0.5) is 0 Å². The molecule has 0 atom stereocenters. The molecule has 190 valence electrons. The summed E-state index contributed by atoms with van der Waals surface area (Å²) in [5.74, 6) is 0.634. The highest BCUT2D eigenvalue weighted by Crippen LogP contribution is 2.32. The lowest BCUT2D eigenvalue weighted by molar-refractivity contribution is 0.0623. The Labute approximate surface area is 220 Å². The number of fused-ring (bicyclic) bond motifs is 1. The Hall–Kier alpha value is -3.49. The lowest BCUT2D eigenvalue weighted by Crippen LogP contribution is -2.48. The topological polar surface area (TPSA) is 69.9 Å². The molecule has 2 aromatic heterocycles. The van der Waals surface area contributed by atoms with Gasteiger partial charge in [0, 0.05) is 62.5 Å². The van der Waals surface area contributed by atoms with E-state index in [1.54, 1.807) is 11.3 Å². The van der Waals surface area contributed by atoms with Crippen LogP contribution in [0, 0.1) is 0 Å². The number of carbonyl (C=O) groups is 2. The molecular formula is C29H30N4O3S. The number of benzene rings is 2. The van der Waals surface area contributed by atoms with E-state index in [2.05, 4.69) is 29.2 Å². The van der Waals surface area contributed by atoms with Crippen molar-refractivity contribution in [3.63, 3.8) is 0 Å². The van der Waals surface area contributed by atoms with E-state index >= 15 is 0 Å². The van der Waals surface area contributed by atoms with E-state index in [9.17, 15) is 9.59 Å². The smallest absolute Gasteiger partial charge is 0.289 e. The Morgan fingerprint density at radius 1 is 0.865 bits per heavy atom. The number of hydrogen-bond acceptors (Lipinski definition) is 6. The fourth-order valence-corrected chi connectivity index (χ4v) is 6.22. The minimum absolute atomic E-state index is 0.0272. The lowest BCUT2D eigenvalue weighted by Gasteiger charge is -2.34. The molecule has 0 saturated carbocycles. The van der Waals surface area contributed by atoms with Crippen molar-refractivity contribution in [1.29, 1.82) is 0 Å². The van der Waals surface area contributed by atoms with E-state index in [0.717, 1.165) is 61.5 Å². The van der Waals surface area contributed by atoms with E-state index in [0.29, 0.717) is 24.5 Å².